The Labute approximate surface area is 362 Å². The van der Waals surface area contributed by atoms with Gasteiger partial charge in [-0.3, -0.25) is 18.9 Å². The lowest BCUT2D eigenvalue weighted by atomic mass is 9.98. The Bertz CT molecular complexity index is 1190. The minimum absolute atomic E-state index is 0.154. The van der Waals surface area contributed by atoms with Crippen molar-refractivity contribution in [2.24, 2.45) is 0 Å². The Morgan fingerprint density at radius 3 is 1.38 bits per heavy atom. The number of rotatable bonds is 40. The molecule has 0 aromatic rings. The molecule has 1 fully saturated rings. The summed E-state index contributed by atoms with van der Waals surface area (Å²) in [6, 6.07) is 0. The van der Waals surface area contributed by atoms with Crippen LogP contribution < -0.4 is 5.32 Å². The van der Waals surface area contributed by atoms with Gasteiger partial charge in [0.15, 0.2) is 18.5 Å². The van der Waals surface area contributed by atoms with Crippen LogP contribution in [-0.2, 0) is 43.4 Å². The average molecular weight is 880 g/mol. The number of unbranched alkanes of at least 4 members (excludes halogenated alkanes) is 26. The van der Waals surface area contributed by atoms with Crippen LogP contribution in [-0.4, -0.2) is 108 Å². The predicted octanol–water partition coefficient (Wildman–Crippen LogP) is 8.01. The zero-order chi connectivity index (χ0) is 44.3. The van der Waals surface area contributed by atoms with Crippen LogP contribution in [0.5, 0.6) is 0 Å². The minimum atomic E-state index is -4.38. The Kier molecular flexibility index (Phi) is 34.2. The summed E-state index contributed by atoms with van der Waals surface area (Å²) in [6.07, 6.45) is 23.5. The molecule has 14 nitrogen and oxygen atoms in total. The first kappa shape index (κ1) is 56.1. The zero-order valence-electron chi connectivity index (χ0n) is 37.4. The van der Waals surface area contributed by atoms with Gasteiger partial charge < -0.3 is 39.6 Å². The van der Waals surface area contributed by atoms with Gasteiger partial charge in [0, 0.05) is 19.4 Å². The molecule has 1 rings (SSSR count). The summed E-state index contributed by atoms with van der Waals surface area (Å²) in [5.41, 5.74) is 0. The van der Waals surface area contributed by atoms with Gasteiger partial charge >= 0.3 is 11.9 Å². The van der Waals surface area contributed by atoms with Crippen molar-refractivity contribution in [1.82, 2.24) is 5.32 Å². The maximum Gasteiger partial charge on any atom is 0.306 e. The number of esters is 2. The molecular formula is C45H85NO13S. The highest BCUT2D eigenvalue weighted by molar-refractivity contribution is 7.85. The second-order valence-electron chi connectivity index (χ2n) is 16.8. The fraction of sp³-hybridized carbons (Fsp3) is 0.933. The van der Waals surface area contributed by atoms with E-state index in [0.29, 0.717) is 12.8 Å². The molecule has 0 aromatic heterocycles. The molecule has 0 radical (unpaired) electrons. The molecule has 5 N–H and O–H groups in total. The Morgan fingerprint density at radius 2 is 0.967 bits per heavy atom. The van der Waals surface area contributed by atoms with E-state index in [4.69, 9.17) is 23.5 Å². The number of amides is 1. The fourth-order valence-corrected chi connectivity index (χ4v) is 7.72. The third kappa shape index (κ3) is 30.2. The van der Waals surface area contributed by atoms with Crippen LogP contribution in [0.4, 0.5) is 0 Å². The lowest BCUT2D eigenvalue weighted by Crippen LogP contribution is -2.62. The van der Waals surface area contributed by atoms with Crippen molar-refractivity contribution >= 4 is 28.0 Å². The largest absolute Gasteiger partial charge is 0.462 e. The molecule has 1 aliphatic heterocycles. The molecule has 354 valence electrons. The number of aliphatic hydroxyl groups is 3. The summed E-state index contributed by atoms with van der Waals surface area (Å²) in [7, 11) is -4.38. The molecule has 1 aliphatic rings. The van der Waals surface area contributed by atoms with Crippen LogP contribution in [0, 0.1) is 0 Å². The van der Waals surface area contributed by atoms with Gasteiger partial charge in [0.1, 0.15) is 24.9 Å². The first-order valence-corrected chi connectivity index (χ1v) is 25.4. The number of carbonyl (C=O) groups excluding carboxylic acids is 3. The third-order valence-corrected chi connectivity index (χ3v) is 11.9. The Morgan fingerprint density at radius 1 is 0.567 bits per heavy atom. The minimum Gasteiger partial charge on any atom is -0.462 e. The first-order chi connectivity index (χ1) is 28.9. The quantitative estimate of drug-likeness (QED) is 0.0224. The van der Waals surface area contributed by atoms with E-state index >= 15 is 0 Å². The maximum atomic E-state index is 12.9. The van der Waals surface area contributed by atoms with E-state index in [9.17, 15) is 38.1 Å². The van der Waals surface area contributed by atoms with Crippen LogP contribution in [0.15, 0.2) is 0 Å². The molecule has 0 aromatic carbocycles. The smallest absolute Gasteiger partial charge is 0.306 e. The van der Waals surface area contributed by atoms with Gasteiger partial charge in [-0.1, -0.05) is 181 Å². The van der Waals surface area contributed by atoms with Gasteiger partial charge in [-0.15, -0.1) is 0 Å². The number of carbonyl (C=O) groups is 3. The molecule has 0 spiro atoms. The summed E-state index contributed by atoms with van der Waals surface area (Å²) in [5.74, 6) is -2.77. The van der Waals surface area contributed by atoms with Gasteiger partial charge in [0.05, 0.1) is 12.4 Å². The SMILES string of the molecule is CCCCCCCCCCCCCCCCCC(=O)OC(COC(=O)CCCCCCCCCCCCCCC)COC1OC(C(=O)NCCS(=O)(=O)O)C(O)C(O)C1O. The predicted molar refractivity (Wildman–Crippen MR) is 233 cm³/mol. The Balaban J connectivity index is 2.54. The molecular weight excluding hydrogens is 795 g/mol. The molecule has 0 aliphatic carbocycles. The molecule has 6 unspecified atom stereocenters. The van der Waals surface area contributed by atoms with Crippen molar-refractivity contribution in [2.75, 3.05) is 25.5 Å². The van der Waals surface area contributed by atoms with Gasteiger partial charge in [-0.2, -0.15) is 8.42 Å². The zero-order valence-corrected chi connectivity index (χ0v) is 38.2. The molecule has 0 saturated carbocycles. The fourth-order valence-electron chi connectivity index (χ4n) is 7.36. The van der Waals surface area contributed by atoms with Crippen LogP contribution in [0.25, 0.3) is 0 Å². The molecule has 15 heteroatoms. The van der Waals surface area contributed by atoms with Crippen molar-refractivity contribution < 1.29 is 61.6 Å². The van der Waals surface area contributed by atoms with Gasteiger partial charge in [0.2, 0.25) is 0 Å². The summed E-state index contributed by atoms with van der Waals surface area (Å²) in [5, 5.41) is 33.5. The van der Waals surface area contributed by atoms with E-state index in [2.05, 4.69) is 19.2 Å². The van der Waals surface area contributed by atoms with Crippen molar-refractivity contribution in [3.8, 4) is 0 Å². The molecule has 1 saturated heterocycles. The molecule has 1 heterocycles. The topological polar surface area (TPSA) is 215 Å². The van der Waals surface area contributed by atoms with E-state index in [1.54, 1.807) is 0 Å². The van der Waals surface area contributed by atoms with Crippen molar-refractivity contribution in [3.63, 3.8) is 0 Å². The van der Waals surface area contributed by atoms with Crippen LogP contribution in [0.2, 0.25) is 0 Å². The van der Waals surface area contributed by atoms with Gasteiger partial charge in [0.25, 0.3) is 16.0 Å². The average Bonchev–Trinajstić information content (AvgIpc) is 3.21. The standard InChI is InChI=1S/C45H85NO13S/c1-3-5-7-9-11-13-15-17-18-20-22-24-26-28-30-32-39(48)58-37(35-56-38(47)31-29-27-25-23-21-19-16-14-12-10-8-6-4-2)36-57-45-42(51)40(49)41(50)43(59-45)44(52)46-33-34-60(53,54)55/h37,40-43,45,49-51H,3-36H2,1-2H3,(H,46,52)(H,53,54,55). The van der Waals surface area contributed by atoms with E-state index in [1.165, 1.54) is 128 Å². The highest BCUT2D eigenvalue weighted by Gasteiger charge is 2.47. The van der Waals surface area contributed by atoms with Crippen LogP contribution in [0.1, 0.15) is 206 Å². The maximum absolute atomic E-state index is 12.9. The van der Waals surface area contributed by atoms with Crippen LogP contribution >= 0.6 is 0 Å². The second-order valence-corrected chi connectivity index (χ2v) is 18.4. The number of ether oxygens (including phenoxy) is 4. The normalized spacial score (nSPS) is 19.9. The number of hydrogen-bond acceptors (Lipinski definition) is 12. The van der Waals surface area contributed by atoms with Crippen molar-refractivity contribution in [3.05, 3.63) is 0 Å². The number of hydrogen-bond donors (Lipinski definition) is 5. The molecule has 0 bridgehead atoms. The molecule has 6 atom stereocenters. The summed E-state index contributed by atoms with van der Waals surface area (Å²) in [4.78, 5) is 38.1. The van der Waals surface area contributed by atoms with Gasteiger partial charge in [-0.05, 0) is 12.8 Å². The number of aliphatic hydroxyl groups excluding tert-OH is 3. The molecule has 60 heavy (non-hydrogen) atoms. The summed E-state index contributed by atoms with van der Waals surface area (Å²) in [6.45, 7) is 3.21. The number of nitrogens with one attached hydrogen (secondary N) is 1. The lowest BCUT2D eigenvalue weighted by molar-refractivity contribution is -0.295. The Hall–Kier alpha value is -1.88. The highest BCUT2D eigenvalue weighted by atomic mass is 32.2. The first-order valence-electron chi connectivity index (χ1n) is 23.8. The van der Waals surface area contributed by atoms with E-state index in [1.807, 2.05) is 0 Å². The van der Waals surface area contributed by atoms with E-state index < -0.39 is 83.7 Å². The van der Waals surface area contributed by atoms with E-state index in [-0.39, 0.29) is 19.4 Å². The monoisotopic (exact) mass is 880 g/mol. The third-order valence-electron chi connectivity index (χ3n) is 11.1. The highest BCUT2D eigenvalue weighted by Crippen LogP contribution is 2.23. The van der Waals surface area contributed by atoms with Crippen molar-refractivity contribution in [1.29, 1.82) is 0 Å². The van der Waals surface area contributed by atoms with E-state index in [0.717, 1.165) is 38.5 Å². The van der Waals surface area contributed by atoms with Crippen molar-refractivity contribution in [2.45, 2.75) is 243 Å². The second kappa shape index (κ2) is 36.6. The summed E-state index contributed by atoms with van der Waals surface area (Å²) < 4.78 is 53.1. The molecule has 1 amide bonds. The summed E-state index contributed by atoms with van der Waals surface area (Å²) >= 11 is 0. The van der Waals surface area contributed by atoms with Gasteiger partial charge in [-0.25, -0.2) is 0 Å². The van der Waals surface area contributed by atoms with Crippen LogP contribution in [0.3, 0.4) is 0 Å². The lowest BCUT2D eigenvalue weighted by Gasteiger charge is -2.39.